The van der Waals surface area contributed by atoms with E-state index in [1.54, 1.807) is 14.2 Å². The van der Waals surface area contributed by atoms with E-state index in [1.165, 1.54) is 12.8 Å². The Morgan fingerprint density at radius 2 is 2.00 bits per heavy atom. The Balaban J connectivity index is 2.34. The van der Waals surface area contributed by atoms with Crippen LogP contribution in [0.2, 0.25) is 0 Å². The lowest BCUT2D eigenvalue weighted by molar-refractivity contribution is -0.345. The minimum absolute atomic E-state index is 0.394. The average molecular weight is 173 g/mol. The number of unbranched alkanes of at least 4 members (excludes halogenated alkanes) is 1. The van der Waals surface area contributed by atoms with Crippen LogP contribution in [0.1, 0.15) is 26.2 Å². The Bertz CT molecular complexity index is 129. The predicted octanol–water partition coefficient (Wildman–Crippen LogP) is 1.44. The molecule has 0 N–H and O–H groups in total. The van der Waals surface area contributed by atoms with Crippen molar-refractivity contribution >= 4 is 0 Å². The third kappa shape index (κ3) is 1.63. The standard InChI is InChI=1S/C9H19NO2/c1-4-5-7-10-8-6-9(10,11-2)12-3/h4-8H2,1-3H3. The maximum absolute atomic E-state index is 5.34. The van der Waals surface area contributed by atoms with Gasteiger partial charge >= 0.3 is 0 Å². The summed E-state index contributed by atoms with van der Waals surface area (Å²) < 4.78 is 10.7. The number of likely N-dealkylation sites (tertiary alicyclic amines) is 1. The summed E-state index contributed by atoms with van der Waals surface area (Å²) in [5.74, 6) is -0.394. The van der Waals surface area contributed by atoms with Crippen molar-refractivity contribution in [2.45, 2.75) is 32.1 Å². The Labute approximate surface area is 74.6 Å². The number of methoxy groups -OCH3 is 2. The van der Waals surface area contributed by atoms with Crippen LogP contribution >= 0.6 is 0 Å². The van der Waals surface area contributed by atoms with Gasteiger partial charge in [0.05, 0.1) is 0 Å². The van der Waals surface area contributed by atoms with Crippen LogP contribution in [0.25, 0.3) is 0 Å². The monoisotopic (exact) mass is 173 g/mol. The molecule has 0 bridgehead atoms. The highest BCUT2D eigenvalue weighted by Gasteiger charge is 2.45. The quantitative estimate of drug-likeness (QED) is 0.587. The van der Waals surface area contributed by atoms with Gasteiger partial charge in [0.2, 0.25) is 5.91 Å². The van der Waals surface area contributed by atoms with Gasteiger partial charge in [0.1, 0.15) is 0 Å². The molecule has 3 heteroatoms. The number of rotatable bonds is 5. The van der Waals surface area contributed by atoms with Crippen molar-refractivity contribution in [3.8, 4) is 0 Å². The Morgan fingerprint density at radius 3 is 2.33 bits per heavy atom. The van der Waals surface area contributed by atoms with Gasteiger partial charge in [-0.1, -0.05) is 13.3 Å². The second kappa shape index (κ2) is 4.21. The summed E-state index contributed by atoms with van der Waals surface area (Å²) in [5.41, 5.74) is 0. The third-order valence-electron chi connectivity index (χ3n) is 2.60. The van der Waals surface area contributed by atoms with E-state index >= 15 is 0 Å². The van der Waals surface area contributed by atoms with E-state index in [2.05, 4.69) is 11.8 Å². The number of hydrogen-bond donors (Lipinski definition) is 0. The summed E-state index contributed by atoms with van der Waals surface area (Å²) in [4.78, 5) is 2.25. The van der Waals surface area contributed by atoms with Crippen molar-refractivity contribution in [1.82, 2.24) is 4.90 Å². The fraction of sp³-hybridized carbons (Fsp3) is 1.00. The van der Waals surface area contributed by atoms with Gasteiger partial charge in [-0.05, 0) is 6.42 Å². The summed E-state index contributed by atoms with van der Waals surface area (Å²) >= 11 is 0. The summed E-state index contributed by atoms with van der Waals surface area (Å²) in [6, 6.07) is 0. The molecule has 72 valence electrons. The molecule has 0 saturated carbocycles. The molecule has 0 aliphatic carbocycles. The molecule has 0 aromatic rings. The molecular formula is C9H19NO2. The van der Waals surface area contributed by atoms with Crippen LogP contribution < -0.4 is 0 Å². The van der Waals surface area contributed by atoms with Crippen LogP contribution in [0.4, 0.5) is 0 Å². The molecule has 1 heterocycles. The molecule has 1 fully saturated rings. The molecule has 1 aliphatic heterocycles. The van der Waals surface area contributed by atoms with E-state index in [9.17, 15) is 0 Å². The van der Waals surface area contributed by atoms with Crippen LogP contribution in [0.3, 0.4) is 0 Å². The van der Waals surface area contributed by atoms with Crippen molar-refractivity contribution in [1.29, 1.82) is 0 Å². The van der Waals surface area contributed by atoms with E-state index < -0.39 is 5.91 Å². The minimum atomic E-state index is -0.394. The zero-order chi connectivity index (χ0) is 9.03. The highest BCUT2D eigenvalue weighted by Crippen LogP contribution is 2.31. The van der Waals surface area contributed by atoms with Crippen LogP contribution in [0.15, 0.2) is 0 Å². The summed E-state index contributed by atoms with van der Waals surface area (Å²) in [5, 5.41) is 0. The van der Waals surface area contributed by atoms with Crippen LogP contribution in [-0.2, 0) is 9.47 Å². The molecular weight excluding hydrogens is 154 g/mol. The van der Waals surface area contributed by atoms with Crippen molar-refractivity contribution in [2.24, 2.45) is 0 Å². The lowest BCUT2D eigenvalue weighted by Gasteiger charge is -2.49. The van der Waals surface area contributed by atoms with Gasteiger partial charge in [-0.25, -0.2) is 0 Å². The van der Waals surface area contributed by atoms with Crippen LogP contribution in [0.5, 0.6) is 0 Å². The van der Waals surface area contributed by atoms with Gasteiger partial charge in [0.15, 0.2) is 0 Å². The highest BCUT2D eigenvalue weighted by atomic mass is 16.7. The SMILES string of the molecule is CCCCN1CCC1(OC)OC. The zero-order valence-electron chi connectivity index (χ0n) is 8.30. The molecule has 12 heavy (non-hydrogen) atoms. The van der Waals surface area contributed by atoms with Crippen molar-refractivity contribution in [3.63, 3.8) is 0 Å². The van der Waals surface area contributed by atoms with Gasteiger partial charge in [0.25, 0.3) is 0 Å². The number of hydrogen-bond acceptors (Lipinski definition) is 3. The minimum Gasteiger partial charge on any atom is -0.341 e. The molecule has 0 atom stereocenters. The molecule has 0 unspecified atom stereocenters. The summed E-state index contributed by atoms with van der Waals surface area (Å²) in [6.45, 7) is 4.38. The maximum Gasteiger partial charge on any atom is 0.230 e. The fourth-order valence-electron chi connectivity index (χ4n) is 1.63. The Hall–Kier alpha value is -0.120. The first kappa shape index (κ1) is 9.96. The molecule has 1 rings (SSSR count). The largest absolute Gasteiger partial charge is 0.341 e. The first-order valence-corrected chi connectivity index (χ1v) is 4.64. The molecule has 1 saturated heterocycles. The van der Waals surface area contributed by atoms with Crippen molar-refractivity contribution in [2.75, 3.05) is 27.3 Å². The fourth-order valence-corrected chi connectivity index (χ4v) is 1.63. The smallest absolute Gasteiger partial charge is 0.230 e. The van der Waals surface area contributed by atoms with E-state index in [0.29, 0.717) is 0 Å². The molecule has 0 spiro atoms. The van der Waals surface area contributed by atoms with Gasteiger partial charge in [0, 0.05) is 33.7 Å². The molecule has 3 nitrogen and oxygen atoms in total. The van der Waals surface area contributed by atoms with Crippen LogP contribution in [0, 0.1) is 0 Å². The lowest BCUT2D eigenvalue weighted by atomic mass is 10.1. The first-order chi connectivity index (χ1) is 5.79. The molecule has 0 aromatic carbocycles. The normalized spacial score (nSPS) is 22.2. The molecule has 0 aromatic heterocycles. The highest BCUT2D eigenvalue weighted by molar-refractivity contribution is 4.83. The van der Waals surface area contributed by atoms with Gasteiger partial charge in [-0.3, -0.25) is 4.90 Å². The number of ether oxygens (including phenoxy) is 2. The van der Waals surface area contributed by atoms with Gasteiger partial charge < -0.3 is 9.47 Å². The summed E-state index contributed by atoms with van der Waals surface area (Å²) in [6.07, 6.45) is 3.43. The predicted molar refractivity (Wildman–Crippen MR) is 47.8 cm³/mol. The second-order valence-corrected chi connectivity index (χ2v) is 3.21. The first-order valence-electron chi connectivity index (χ1n) is 4.64. The summed E-state index contributed by atoms with van der Waals surface area (Å²) in [7, 11) is 3.42. The topological polar surface area (TPSA) is 21.7 Å². The van der Waals surface area contributed by atoms with Crippen molar-refractivity contribution < 1.29 is 9.47 Å². The zero-order valence-corrected chi connectivity index (χ0v) is 8.30. The molecule has 0 amide bonds. The van der Waals surface area contributed by atoms with E-state index in [4.69, 9.17) is 9.47 Å². The Morgan fingerprint density at radius 1 is 1.33 bits per heavy atom. The Kier molecular flexibility index (Phi) is 3.50. The molecule has 1 aliphatic rings. The van der Waals surface area contributed by atoms with Crippen LogP contribution in [-0.4, -0.2) is 38.1 Å². The third-order valence-corrected chi connectivity index (χ3v) is 2.60. The maximum atomic E-state index is 5.34. The lowest BCUT2D eigenvalue weighted by Crippen LogP contribution is -2.62. The van der Waals surface area contributed by atoms with Gasteiger partial charge in [-0.2, -0.15) is 0 Å². The van der Waals surface area contributed by atoms with E-state index in [-0.39, 0.29) is 0 Å². The van der Waals surface area contributed by atoms with Gasteiger partial charge in [-0.15, -0.1) is 0 Å². The number of nitrogens with zero attached hydrogens (tertiary/aromatic N) is 1. The van der Waals surface area contributed by atoms with E-state index in [1.807, 2.05) is 0 Å². The second-order valence-electron chi connectivity index (χ2n) is 3.21. The van der Waals surface area contributed by atoms with E-state index in [0.717, 1.165) is 19.5 Å². The average Bonchev–Trinajstić information content (AvgIpc) is 2.06. The van der Waals surface area contributed by atoms with Crippen molar-refractivity contribution in [3.05, 3.63) is 0 Å². The molecule has 0 radical (unpaired) electrons.